The molecule has 2 aliphatic rings. The van der Waals surface area contributed by atoms with E-state index in [1.165, 1.54) is 53.7 Å². The van der Waals surface area contributed by atoms with Crippen LogP contribution in [0.2, 0.25) is 0 Å². The summed E-state index contributed by atoms with van der Waals surface area (Å²) in [7, 11) is 0. The average Bonchev–Trinajstić information content (AvgIpc) is 3.26. The molecule has 2 fully saturated rings. The second kappa shape index (κ2) is 7.34. The monoisotopic (exact) mass is 325 g/mol. The molecule has 1 atom stereocenters. The van der Waals surface area contributed by atoms with Crippen LogP contribution in [0.5, 0.6) is 0 Å². The number of aryl methyl sites for hydroxylation is 1. The predicted octanol–water partition coefficient (Wildman–Crippen LogP) is 3.68. The lowest BCUT2D eigenvalue weighted by atomic mass is 10.2. The number of nitrogens with one attached hydrogen (secondary N) is 1. The Hall–Kier alpha value is -0.260. The molecule has 0 radical (unpaired) electrons. The van der Waals surface area contributed by atoms with E-state index in [-0.39, 0.29) is 0 Å². The summed E-state index contributed by atoms with van der Waals surface area (Å²) in [6.07, 6.45) is 6.29. The van der Waals surface area contributed by atoms with Gasteiger partial charge in [0.15, 0.2) is 5.13 Å². The Morgan fingerprint density at radius 2 is 2.19 bits per heavy atom. The molecule has 2 heterocycles. The molecule has 1 saturated heterocycles. The zero-order valence-electron chi connectivity index (χ0n) is 13.2. The predicted molar refractivity (Wildman–Crippen MR) is 94.7 cm³/mol. The highest BCUT2D eigenvalue weighted by Gasteiger charge is 2.24. The Balaban J connectivity index is 1.69. The van der Waals surface area contributed by atoms with Gasteiger partial charge in [-0.05, 0) is 25.7 Å². The van der Waals surface area contributed by atoms with E-state index in [1.807, 2.05) is 11.3 Å². The summed E-state index contributed by atoms with van der Waals surface area (Å²) in [4.78, 5) is 8.99. The Kier molecular flexibility index (Phi) is 5.46. The fourth-order valence-corrected chi connectivity index (χ4v) is 5.01. The highest BCUT2D eigenvalue weighted by molar-refractivity contribution is 8.00. The van der Waals surface area contributed by atoms with Crippen LogP contribution < -0.4 is 10.2 Å². The lowest BCUT2D eigenvalue weighted by Gasteiger charge is -2.31. The maximum Gasteiger partial charge on any atom is 0.185 e. The number of nitrogens with zero attached hydrogens (tertiary/aromatic N) is 2. The van der Waals surface area contributed by atoms with Crippen molar-refractivity contribution in [3.8, 4) is 0 Å². The molecule has 21 heavy (non-hydrogen) atoms. The third-order valence-corrected chi connectivity index (χ3v) is 6.78. The molecule has 1 unspecified atom stereocenters. The van der Waals surface area contributed by atoms with E-state index in [0.717, 1.165) is 30.8 Å². The topological polar surface area (TPSA) is 28.2 Å². The molecule has 0 spiro atoms. The van der Waals surface area contributed by atoms with Gasteiger partial charge in [-0.3, -0.25) is 0 Å². The SMILES string of the molecule is CCCc1nc(N2CCSC(CC)C2)sc1CNC1CC1. The number of hydrogen-bond acceptors (Lipinski definition) is 5. The lowest BCUT2D eigenvalue weighted by molar-refractivity contribution is 0.686. The molecule has 3 nitrogen and oxygen atoms in total. The van der Waals surface area contributed by atoms with Gasteiger partial charge in [-0.15, -0.1) is 11.3 Å². The van der Waals surface area contributed by atoms with Crippen LogP contribution in [0.1, 0.15) is 50.1 Å². The first-order chi connectivity index (χ1) is 10.3. The summed E-state index contributed by atoms with van der Waals surface area (Å²) in [6, 6.07) is 0.779. The van der Waals surface area contributed by atoms with Gasteiger partial charge in [0, 0.05) is 41.6 Å². The van der Waals surface area contributed by atoms with E-state index in [1.54, 1.807) is 0 Å². The van der Waals surface area contributed by atoms with E-state index >= 15 is 0 Å². The maximum atomic E-state index is 4.99. The van der Waals surface area contributed by atoms with E-state index in [2.05, 4.69) is 35.8 Å². The van der Waals surface area contributed by atoms with Gasteiger partial charge >= 0.3 is 0 Å². The fourth-order valence-electron chi connectivity index (χ4n) is 2.74. The highest BCUT2D eigenvalue weighted by atomic mass is 32.2. The van der Waals surface area contributed by atoms with Crippen molar-refractivity contribution in [3.63, 3.8) is 0 Å². The normalized spacial score (nSPS) is 22.8. The Morgan fingerprint density at radius 3 is 2.90 bits per heavy atom. The van der Waals surface area contributed by atoms with Crippen LogP contribution in [0.25, 0.3) is 0 Å². The number of rotatable bonds is 7. The van der Waals surface area contributed by atoms with Crippen LogP contribution in [0.4, 0.5) is 5.13 Å². The van der Waals surface area contributed by atoms with Crippen LogP contribution in [0.15, 0.2) is 0 Å². The number of anilines is 1. The van der Waals surface area contributed by atoms with E-state index < -0.39 is 0 Å². The van der Waals surface area contributed by atoms with Crippen LogP contribution in [0, 0.1) is 0 Å². The van der Waals surface area contributed by atoms with Gasteiger partial charge in [-0.1, -0.05) is 20.3 Å². The van der Waals surface area contributed by atoms with E-state index in [4.69, 9.17) is 4.98 Å². The van der Waals surface area contributed by atoms with Gasteiger partial charge in [0.25, 0.3) is 0 Å². The first-order valence-corrected chi connectivity index (χ1v) is 10.2. The van der Waals surface area contributed by atoms with Gasteiger partial charge in [0.1, 0.15) is 0 Å². The van der Waals surface area contributed by atoms with E-state index in [9.17, 15) is 0 Å². The Labute approximate surface area is 136 Å². The smallest absolute Gasteiger partial charge is 0.185 e. The summed E-state index contributed by atoms with van der Waals surface area (Å²) < 4.78 is 0. The minimum atomic E-state index is 0.779. The van der Waals surface area contributed by atoms with Gasteiger partial charge in [-0.25, -0.2) is 4.98 Å². The van der Waals surface area contributed by atoms with Crippen molar-refractivity contribution < 1.29 is 0 Å². The van der Waals surface area contributed by atoms with Crippen molar-refractivity contribution in [3.05, 3.63) is 10.6 Å². The molecular formula is C16H27N3S2. The second-order valence-corrected chi connectivity index (χ2v) is 8.59. The standard InChI is InChI=1S/C16H27N3S2/c1-3-5-14-15(10-17-12-6-7-12)21-16(18-14)19-8-9-20-13(4-2)11-19/h12-13,17H,3-11H2,1-2H3. The lowest BCUT2D eigenvalue weighted by Crippen LogP contribution is -2.37. The van der Waals surface area contributed by atoms with Crippen molar-refractivity contribution in [1.29, 1.82) is 0 Å². The summed E-state index contributed by atoms with van der Waals surface area (Å²) >= 11 is 4.06. The van der Waals surface area contributed by atoms with Crippen molar-refractivity contribution in [2.45, 2.75) is 63.8 Å². The molecule has 1 aromatic heterocycles. The van der Waals surface area contributed by atoms with Gasteiger partial charge in [-0.2, -0.15) is 11.8 Å². The fraction of sp³-hybridized carbons (Fsp3) is 0.812. The molecule has 1 aliphatic heterocycles. The van der Waals surface area contributed by atoms with Gasteiger partial charge in [0.2, 0.25) is 0 Å². The molecule has 5 heteroatoms. The Bertz CT molecular complexity index is 456. The van der Waals surface area contributed by atoms with Gasteiger partial charge < -0.3 is 10.2 Å². The molecule has 118 valence electrons. The minimum absolute atomic E-state index is 0.779. The summed E-state index contributed by atoms with van der Waals surface area (Å²) in [5, 5.41) is 5.71. The number of aromatic nitrogens is 1. The molecule has 1 aromatic rings. The Morgan fingerprint density at radius 1 is 1.33 bits per heavy atom. The molecule has 3 rings (SSSR count). The summed E-state index contributed by atoms with van der Waals surface area (Å²) in [6.45, 7) is 7.92. The first-order valence-electron chi connectivity index (χ1n) is 8.38. The largest absolute Gasteiger partial charge is 0.346 e. The molecule has 1 saturated carbocycles. The van der Waals surface area contributed by atoms with Crippen molar-refractivity contribution >= 4 is 28.2 Å². The zero-order valence-corrected chi connectivity index (χ0v) is 14.9. The molecule has 1 N–H and O–H groups in total. The molecular weight excluding hydrogens is 298 g/mol. The number of thioether (sulfide) groups is 1. The third kappa shape index (κ3) is 4.14. The van der Waals surface area contributed by atoms with Gasteiger partial charge in [0.05, 0.1) is 5.69 Å². The molecule has 0 aromatic carbocycles. The van der Waals surface area contributed by atoms with Crippen LogP contribution >= 0.6 is 23.1 Å². The van der Waals surface area contributed by atoms with Crippen molar-refractivity contribution in [2.75, 3.05) is 23.7 Å². The van der Waals surface area contributed by atoms with Crippen LogP contribution in [-0.2, 0) is 13.0 Å². The summed E-state index contributed by atoms with van der Waals surface area (Å²) in [5.41, 5.74) is 1.34. The molecule has 0 amide bonds. The van der Waals surface area contributed by atoms with Crippen molar-refractivity contribution in [1.82, 2.24) is 10.3 Å². The molecule has 0 bridgehead atoms. The number of hydrogen-bond donors (Lipinski definition) is 1. The second-order valence-electron chi connectivity index (χ2n) is 6.12. The quantitative estimate of drug-likeness (QED) is 0.828. The first kappa shape index (κ1) is 15.6. The minimum Gasteiger partial charge on any atom is -0.346 e. The zero-order chi connectivity index (χ0) is 14.7. The average molecular weight is 326 g/mol. The van der Waals surface area contributed by atoms with Crippen LogP contribution in [0.3, 0.4) is 0 Å². The van der Waals surface area contributed by atoms with Crippen molar-refractivity contribution in [2.24, 2.45) is 0 Å². The van der Waals surface area contributed by atoms with E-state index in [0.29, 0.717) is 0 Å². The molecule has 1 aliphatic carbocycles. The number of thiazole rings is 1. The maximum absolute atomic E-state index is 4.99. The highest BCUT2D eigenvalue weighted by Crippen LogP contribution is 2.32. The van der Waals surface area contributed by atoms with Crippen LogP contribution in [-0.4, -0.2) is 35.1 Å². The summed E-state index contributed by atoms with van der Waals surface area (Å²) in [5.74, 6) is 1.25. The third-order valence-electron chi connectivity index (χ3n) is 4.25.